The summed E-state index contributed by atoms with van der Waals surface area (Å²) in [5, 5.41) is 3.60. The Balaban J connectivity index is 1.62. The van der Waals surface area contributed by atoms with E-state index in [4.69, 9.17) is 4.74 Å². The number of hydrogen-bond acceptors (Lipinski definition) is 2. The lowest BCUT2D eigenvalue weighted by molar-refractivity contribution is -0.0312. The van der Waals surface area contributed by atoms with E-state index >= 15 is 0 Å². The monoisotopic (exact) mass is 231 g/mol. The average Bonchev–Trinajstić information content (AvgIpc) is 2.36. The van der Waals surface area contributed by atoms with Gasteiger partial charge in [-0.05, 0) is 36.9 Å². The van der Waals surface area contributed by atoms with Gasteiger partial charge in [0.1, 0.15) is 0 Å². The van der Waals surface area contributed by atoms with E-state index in [2.05, 4.69) is 29.6 Å². The molecule has 0 bridgehead atoms. The van der Waals surface area contributed by atoms with Gasteiger partial charge in [0.2, 0.25) is 0 Å². The maximum atomic E-state index is 5.22. The molecular weight excluding hydrogens is 210 g/mol. The zero-order valence-electron chi connectivity index (χ0n) is 10.3. The molecule has 0 aliphatic carbocycles. The Labute approximate surface area is 103 Å². The number of ether oxygens (including phenoxy) is 1. The van der Waals surface area contributed by atoms with Crippen molar-refractivity contribution in [3.8, 4) is 0 Å². The molecule has 0 spiro atoms. The van der Waals surface area contributed by atoms with Crippen LogP contribution in [0.4, 0.5) is 0 Å². The number of rotatable bonds is 3. The summed E-state index contributed by atoms with van der Waals surface area (Å²) in [6.45, 7) is 3.07. The third-order valence-electron chi connectivity index (χ3n) is 3.92. The number of benzene rings is 1. The molecule has 1 aromatic carbocycles. The zero-order chi connectivity index (χ0) is 11.5. The van der Waals surface area contributed by atoms with Gasteiger partial charge in [-0.25, -0.2) is 0 Å². The molecule has 2 fully saturated rings. The maximum absolute atomic E-state index is 5.22. The van der Waals surface area contributed by atoms with E-state index in [1.165, 1.54) is 43.4 Å². The number of nitrogens with one attached hydrogen (secondary N) is 1. The molecule has 0 radical (unpaired) electrons. The molecule has 2 aliphatic heterocycles. The van der Waals surface area contributed by atoms with E-state index in [0.717, 1.165) is 19.1 Å². The van der Waals surface area contributed by atoms with E-state index in [1.54, 1.807) is 0 Å². The standard InChI is InChI=1S/C15H21NO/c1-2-8-16-15(3-1)14-6-4-12(5-7-14)9-13-10-17-11-13/h4-7,13,15-16H,1-3,8-11H2. The normalized spacial score (nSPS) is 25.5. The fraction of sp³-hybridized carbons (Fsp3) is 0.600. The van der Waals surface area contributed by atoms with Gasteiger partial charge in [0.05, 0.1) is 13.2 Å². The van der Waals surface area contributed by atoms with Crippen LogP contribution < -0.4 is 5.32 Å². The molecule has 2 aliphatic rings. The minimum absolute atomic E-state index is 0.588. The van der Waals surface area contributed by atoms with Gasteiger partial charge in [-0.3, -0.25) is 0 Å². The zero-order valence-corrected chi connectivity index (χ0v) is 10.3. The van der Waals surface area contributed by atoms with E-state index in [-0.39, 0.29) is 0 Å². The first-order valence-corrected chi connectivity index (χ1v) is 6.82. The Morgan fingerprint density at radius 3 is 2.53 bits per heavy atom. The summed E-state index contributed by atoms with van der Waals surface area (Å²) in [6, 6.07) is 9.79. The molecule has 2 nitrogen and oxygen atoms in total. The lowest BCUT2D eigenvalue weighted by Crippen LogP contribution is -2.29. The molecule has 1 aromatic rings. The highest BCUT2D eigenvalue weighted by Gasteiger charge is 2.19. The summed E-state index contributed by atoms with van der Waals surface area (Å²) in [5.74, 6) is 0.758. The fourth-order valence-electron chi connectivity index (χ4n) is 2.76. The third-order valence-corrected chi connectivity index (χ3v) is 3.92. The SMILES string of the molecule is c1cc(C2CCCCN2)ccc1CC1COC1. The van der Waals surface area contributed by atoms with Gasteiger partial charge in [-0.15, -0.1) is 0 Å². The van der Waals surface area contributed by atoms with E-state index in [9.17, 15) is 0 Å². The van der Waals surface area contributed by atoms with Gasteiger partial charge in [-0.1, -0.05) is 30.7 Å². The van der Waals surface area contributed by atoms with Crippen molar-refractivity contribution < 1.29 is 4.74 Å². The van der Waals surface area contributed by atoms with Crippen molar-refractivity contribution in [3.63, 3.8) is 0 Å². The number of piperidine rings is 1. The first kappa shape index (κ1) is 11.2. The smallest absolute Gasteiger partial charge is 0.0519 e. The van der Waals surface area contributed by atoms with Crippen LogP contribution >= 0.6 is 0 Å². The molecule has 2 heterocycles. The molecule has 1 atom stereocenters. The van der Waals surface area contributed by atoms with Crippen LogP contribution in [0.5, 0.6) is 0 Å². The molecule has 92 valence electrons. The predicted molar refractivity (Wildman–Crippen MR) is 69.0 cm³/mol. The Bertz CT molecular complexity index is 350. The maximum Gasteiger partial charge on any atom is 0.0519 e. The average molecular weight is 231 g/mol. The molecule has 3 rings (SSSR count). The Hall–Kier alpha value is -0.860. The first-order chi connectivity index (χ1) is 8.42. The van der Waals surface area contributed by atoms with Crippen LogP contribution in [0.3, 0.4) is 0 Å². The Morgan fingerprint density at radius 2 is 1.94 bits per heavy atom. The van der Waals surface area contributed by atoms with Gasteiger partial charge in [0.25, 0.3) is 0 Å². The molecule has 1 unspecified atom stereocenters. The Kier molecular flexibility index (Phi) is 3.44. The second kappa shape index (κ2) is 5.19. The minimum Gasteiger partial charge on any atom is -0.381 e. The van der Waals surface area contributed by atoms with Crippen molar-refractivity contribution in [2.24, 2.45) is 5.92 Å². The molecule has 0 amide bonds. The highest BCUT2D eigenvalue weighted by molar-refractivity contribution is 5.25. The van der Waals surface area contributed by atoms with Crippen LogP contribution in [-0.4, -0.2) is 19.8 Å². The van der Waals surface area contributed by atoms with Crippen molar-refractivity contribution in [1.29, 1.82) is 0 Å². The highest BCUT2D eigenvalue weighted by Crippen LogP contribution is 2.24. The van der Waals surface area contributed by atoms with Crippen LogP contribution in [0.2, 0.25) is 0 Å². The summed E-state index contributed by atoms with van der Waals surface area (Å²) in [4.78, 5) is 0. The summed E-state index contributed by atoms with van der Waals surface area (Å²) >= 11 is 0. The molecule has 17 heavy (non-hydrogen) atoms. The number of hydrogen-bond donors (Lipinski definition) is 1. The van der Waals surface area contributed by atoms with Crippen LogP contribution in [0.25, 0.3) is 0 Å². The quantitative estimate of drug-likeness (QED) is 0.863. The van der Waals surface area contributed by atoms with E-state index in [0.29, 0.717) is 6.04 Å². The van der Waals surface area contributed by atoms with Crippen molar-refractivity contribution in [3.05, 3.63) is 35.4 Å². The van der Waals surface area contributed by atoms with Crippen molar-refractivity contribution in [1.82, 2.24) is 5.32 Å². The lowest BCUT2D eigenvalue weighted by Gasteiger charge is -2.26. The summed E-state index contributed by atoms with van der Waals surface area (Å²) in [7, 11) is 0. The van der Waals surface area contributed by atoms with Crippen molar-refractivity contribution >= 4 is 0 Å². The van der Waals surface area contributed by atoms with Gasteiger partial charge >= 0.3 is 0 Å². The summed E-state index contributed by atoms with van der Waals surface area (Å²) in [5.41, 5.74) is 2.91. The van der Waals surface area contributed by atoms with E-state index < -0.39 is 0 Å². The first-order valence-electron chi connectivity index (χ1n) is 6.82. The van der Waals surface area contributed by atoms with Crippen molar-refractivity contribution in [2.45, 2.75) is 31.7 Å². The molecule has 0 aromatic heterocycles. The topological polar surface area (TPSA) is 21.3 Å². The molecule has 2 saturated heterocycles. The predicted octanol–water partition coefficient (Wildman–Crippen LogP) is 2.69. The lowest BCUT2D eigenvalue weighted by atomic mass is 9.94. The van der Waals surface area contributed by atoms with Crippen LogP contribution in [0.1, 0.15) is 36.4 Å². The third kappa shape index (κ3) is 2.70. The summed E-state index contributed by atoms with van der Waals surface area (Å²) in [6.07, 6.45) is 5.16. The van der Waals surface area contributed by atoms with Crippen molar-refractivity contribution in [2.75, 3.05) is 19.8 Å². The molecular formula is C15H21NO. The van der Waals surface area contributed by atoms with Gasteiger partial charge in [-0.2, -0.15) is 0 Å². The summed E-state index contributed by atoms with van der Waals surface area (Å²) < 4.78 is 5.22. The second-order valence-corrected chi connectivity index (χ2v) is 5.35. The van der Waals surface area contributed by atoms with E-state index in [1.807, 2.05) is 0 Å². The fourth-order valence-corrected chi connectivity index (χ4v) is 2.76. The molecule has 0 saturated carbocycles. The molecule has 2 heteroatoms. The van der Waals surface area contributed by atoms with Gasteiger partial charge < -0.3 is 10.1 Å². The van der Waals surface area contributed by atoms with Gasteiger partial charge in [0, 0.05) is 12.0 Å². The van der Waals surface area contributed by atoms with Crippen LogP contribution in [-0.2, 0) is 11.2 Å². The van der Waals surface area contributed by atoms with Crippen LogP contribution in [0.15, 0.2) is 24.3 Å². The highest BCUT2D eigenvalue weighted by atomic mass is 16.5. The second-order valence-electron chi connectivity index (χ2n) is 5.35. The van der Waals surface area contributed by atoms with Crippen LogP contribution in [0, 0.1) is 5.92 Å². The minimum atomic E-state index is 0.588. The van der Waals surface area contributed by atoms with Gasteiger partial charge in [0.15, 0.2) is 0 Å². The Morgan fingerprint density at radius 1 is 1.12 bits per heavy atom. The largest absolute Gasteiger partial charge is 0.381 e. The molecule has 1 N–H and O–H groups in total.